The first-order valence-electron chi connectivity index (χ1n) is 29.9. The van der Waals surface area contributed by atoms with Gasteiger partial charge in [-0.25, -0.2) is 19.9 Å². The monoisotopic (exact) mass is 1140 g/mol. The Morgan fingerprint density at radius 2 is 0.506 bits per heavy atom. The average molecular weight is 1140 g/mol. The van der Waals surface area contributed by atoms with Crippen LogP contribution in [0.5, 0.6) is 0 Å². The van der Waals surface area contributed by atoms with Crippen LogP contribution in [0.1, 0.15) is 0 Å². The van der Waals surface area contributed by atoms with E-state index in [0.717, 1.165) is 145 Å². The third kappa shape index (κ3) is 8.87. The summed E-state index contributed by atoms with van der Waals surface area (Å²) in [5.74, 6) is 1.09. The van der Waals surface area contributed by atoms with Crippen molar-refractivity contribution in [1.29, 1.82) is 0 Å². The second-order valence-electron chi connectivity index (χ2n) is 22.2. The molecule has 0 amide bonds. The van der Waals surface area contributed by atoms with Gasteiger partial charge in [0, 0.05) is 77.9 Å². The SMILES string of the molecule is c1ccc(-c2cc(-c3ccccc3)nc(-n3c4ccc(N(c5ccccc5)c5ccccc5)cc4c4c5oc6c(ccc7c6c6cc(N(c8ccccc8)c8ccccc8)ccc6n7-c6nc(-c7ccccc7)cc(-c7ccccc7)n6)c5ccc43)n2)cc1. The van der Waals surface area contributed by atoms with E-state index >= 15 is 0 Å². The molecule has 0 spiro atoms. The van der Waals surface area contributed by atoms with E-state index in [-0.39, 0.29) is 0 Å². The molecule has 0 aliphatic rings. The number of furan rings is 1. The van der Waals surface area contributed by atoms with Crippen molar-refractivity contribution in [3.05, 3.63) is 315 Å². The maximum atomic E-state index is 7.77. The van der Waals surface area contributed by atoms with Gasteiger partial charge in [-0.05, 0) is 121 Å². The summed E-state index contributed by atoms with van der Waals surface area (Å²) >= 11 is 0. The lowest BCUT2D eigenvalue weighted by molar-refractivity contribution is 0.677. The molecule has 0 radical (unpaired) electrons. The van der Waals surface area contributed by atoms with E-state index in [0.29, 0.717) is 11.9 Å². The van der Waals surface area contributed by atoms with E-state index in [1.165, 1.54) is 0 Å². The van der Waals surface area contributed by atoms with Crippen molar-refractivity contribution in [2.75, 3.05) is 9.80 Å². The van der Waals surface area contributed by atoms with Gasteiger partial charge < -0.3 is 14.2 Å². The minimum Gasteiger partial charge on any atom is -0.455 e. The topological polar surface area (TPSA) is 81.0 Å². The van der Waals surface area contributed by atoms with Gasteiger partial charge in [-0.2, -0.15) is 0 Å². The third-order valence-corrected chi connectivity index (χ3v) is 16.9. The van der Waals surface area contributed by atoms with Gasteiger partial charge in [0.15, 0.2) is 0 Å². The molecule has 0 saturated carbocycles. The fourth-order valence-corrected chi connectivity index (χ4v) is 12.9. The quantitative estimate of drug-likeness (QED) is 0.121. The van der Waals surface area contributed by atoms with Crippen molar-refractivity contribution in [2.45, 2.75) is 0 Å². The molecule has 0 aliphatic carbocycles. The maximum Gasteiger partial charge on any atom is 0.235 e. The van der Waals surface area contributed by atoms with E-state index < -0.39 is 0 Å². The van der Waals surface area contributed by atoms with Crippen molar-refractivity contribution in [3.63, 3.8) is 0 Å². The van der Waals surface area contributed by atoms with Crippen molar-refractivity contribution >= 4 is 99.7 Å². The highest BCUT2D eigenvalue weighted by Gasteiger charge is 2.27. The molecule has 17 rings (SSSR count). The summed E-state index contributed by atoms with van der Waals surface area (Å²) in [5, 5.41) is 5.80. The van der Waals surface area contributed by atoms with Crippen LogP contribution in [0.4, 0.5) is 34.1 Å². The highest BCUT2D eigenvalue weighted by Crippen LogP contribution is 2.48. The van der Waals surface area contributed by atoms with Gasteiger partial charge in [-0.3, -0.25) is 9.13 Å². The van der Waals surface area contributed by atoms with E-state index in [1.54, 1.807) is 0 Å². The maximum absolute atomic E-state index is 7.77. The Kier molecular flexibility index (Phi) is 12.3. The summed E-state index contributed by atoms with van der Waals surface area (Å²) in [7, 11) is 0. The van der Waals surface area contributed by atoms with E-state index in [4.69, 9.17) is 24.4 Å². The number of para-hydroxylation sites is 4. The zero-order valence-electron chi connectivity index (χ0n) is 48.0. The Balaban J connectivity index is 0.980. The predicted octanol–water partition coefficient (Wildman–Crippen LogP) is 21.0. The Morgan fingerprint density at radius 3 is 0.798 bits per heavy atom. The van der Waals surface area contributed by atoms with Crippen LogP contribution in [-0.4, -0.2) is 29.1 Å². The second kappa shape index (κ2) is 21.4. The molecule has 0 atom stereocenters. The van der Waals surface area contributed by atoms with Crippen molar-refractivity contribution in [2.24, 2.45) is 0 Å². The number of nitrogens with zero attached hydrogens (tertiary/aromatic N) is 8. The molecule has 0 N–H and O–H groups in total. The average Bonchev–Trinajstić information content (AvgIpc) is 1.67. The molecule has 418 valence electrons. The van der Waals surface area contributed by atoms with E-state index in [2.05, 4.69) is 310 Å². The summed E-state index contributed by atoms with van der Waals surface area (Å²) in [6.45, 7) is 0. The number of aromatic nitrogens is 6. The number of hydrogen-bond donors (Lipinski definition) is 0. The van der Waals surface area contributed by atoms with Gasteiger partial charge in [0.05, 0.1) is 55.6 Å². The third-order valence-electron chi connectivity index (χ3n) is 16.9. The zero-order valence-corrected chi connectivity index (χ0v) is 48.0. The van der Waals surface area contributed by atoms with Crippen LogP contribution in [0.2, 0.25) is 0 Å². The van der Waals surface area contributed by atoms with E-state index in [1.807, 2.05) is 24.3 Å². The lowest BCUT2D eigenvalue weighted by Gasteiger charge is -2.25. The smallest absolute Gasteiger partial charge is 0.235 e. The summed E-state index contributed by atoms with van der Waals surface area (Å²) in [6, 6.07) is 110. The Hall–Kier alpha value is -12.2. The zero-order chi connectivity index (χ0) is 58.8. The molecule has 17 aromatic rings. The molecule has 5 aromatic heterocycles. The largest absolute Gasteiger partial charge is 0.455 e. The van der Waals surface area contributed by atoms with Crippen LogP contribution >= 0.6 is 0 Å². The first kappa shape index (κ1) is 51.2. The van der Waals surface area contributed by atoms with Crippen LogP contribution in [0.25, 0.3) is 122 Å². The van der Waals surface area contributed by atoms with Crippen LogP contribution in [0, 0.1) is 0 Å². The molecular formula is C80H52N8O. The standard InChI is InChI=1S/C80H52N8O/c1-9-25-53(26-10-1)67-51-68(54-27-11-2-12-28-54)82-79(81-67)87-71-45-41-61(85(57-33-17-5-18-34-57)58-35-19-6-20-36-58)49-65(71)75-73(87)47-43-63-64-44-48-74-76(78(64)89-77(63)75)66-50-62(86(59-37-21-7-22-38-59)60-39-23-8-24-40-60)42-46-72(66)88(74)80-83-69(55-29-13-3-14-30-55)52-70(84-80)56-31-15-4-16-32-56/h1-52H. The summed E-state index contributed by atoms with van der Waals surface area (Å²) in [6.07, 6.45) is 0. The molecule has 0 fully saturated rings. The Bertz CT molecular complexity index is 4930. The molecule has 12 aromatic carbocycles. The van der Waals surface area contributed by atoms with Crippen molar-refractivity contribution < 1.29 is 4.42 Å². The number of anilines is 6. The number of benzene rings is 12. The Morgan fingerprint density at radius 1 is 0.236 bits per heavy atom. The van der Waals surface area contributed by atoms with Gasteiger partial charge in [0.2, 0.25) is 11.9 Å². The molecule has 9 heteroatoms. The fourth-order valence-electron chi connectivity index (χ4n) is 12.9. The normalized spacial score (nSPS) is 11.6. The highest BCUT2D eigenvalue weighted by atomic mass is 16.3. The number of fused-ring (bicyclic) bond motifs is 11. The number of hydrogen-bond acceptors (Lipinski definition) is 7. The van der Waals surface area contributed by atoms with Gasteiger partial charge in [-0.1, -0.05) is 194 Å². The van der Waals surface area contributed by atoms with Crippen molar-refractivity contribution in [3.8, 4) is 56.9 Å². The lowest BCUT2D eigenvalue weighted by atomic mass is 10.0. The van der Waals surface area contributed by atoms with Gasteiger partial charge in [0.25, 0.3) is 0 Å². The molecule has 89 heavy (non-hydrogen) atoms. The van der Waals surface area contributed by atoms with Crippen LogP contribution in [0.15, 0.2) is 320 Å². The van der Waals surface area contributed by atoms with Crippen LogP contribution < -0.4 is 9.80 Å². The second-order valence-corrected chi connectivity index (χ2v) is 22.2. The first-order valence-corrected chi connectivity index (χ1v) is 29.9. The van der Waals surface area contributed by atoms with Gasteiger partial charge >= 0.3 is 0 Å². The minimum atomic E-state index is 0.545. The molecule has 0 saturated heterocycles. The first-order chi connectivity index (χ1) is 44.1. The molecule has 9 nitrogen and oxygen atoms in total. The van der Waals surface area contributed by atoms with Gasteiger partial charge in [0.1, 0.15) is 11.2 Å². The van der Waals surface area contributed by atoms with Gasteiger partial charge in [-0.15, -0.1) is 0 Å². The molecule has 5 heterocycles. The van der Waals surface area contributed by atoms with Crippen molar-refractivity contribution in [1.82, 2.24) is 29.1 Å². The number of rotatable bonds is 12. The predicted molar refractivity (Wildman–Crippen MR) is 365 cm³/mol. The summed E-state index contributed by atoms with van der Waals surface area (Å²) < 4.78 is 12.2. The molecule has 0 aliphatic heterocycles. The minimum absolute atomic E-state index is 0.545. The summed E-state index contributed by atoms with van der Waals surface area (Å²) in [5.41, 5.74) is 18.5. The highest BCUT2D eigenvalue weighted by molar-refractivity contribution is 6.29. The fraction of sp³-hybridized carbons (Fsp3) is 0. The lowest BCUT2D eigenvalue weighted by Crippen LogP contribution is -2.09. The molecule has 0 bridgehead atoms. The summed E-state index contributed by atoms with van der Waals surface area (Å²) in [4.78, 5) is 26.5. The molecular weight excluding hydrogens is 1090 g/mol. The van der Waals surface area contributed by atoms with E-state index in [9.17, 15) is 0 Å². The Labute approximate surface area is 512 Å². The van der Waals surface area contributed by atoms with Crippen LogP contribution in [0.3, 0.4) is 0 Å². The molecule has 0 unspecified atom stereocenters. The van der Waals surface area contributed by atoms with Crippen LogP contribution in [-0.2, 0) is 0 Å².